The van der Waals surface area contributed by atoms with Crippen molar-refractivity contribution in [3.05, 3.63) is 53.1 Å². The van der Waals surface area contributed by atoms with Crippen LogP contribution in [0.1, 0.15) is 19.4 Å². The molecule has 0 radical (unpaired) electrons. The van der Waals surface area contributed by atoms with Gasteiger partial charge in [0.15, 0.2) is 11.5 Å². The molecule has 0 atom stereocenters. The van der Waals surface area contributed by atoms with Gasteiger partial charge in [0.1, 0.15) is 0 Å². The van der Waals surface area contributed by atoms with Crippen LogP contribution < -0.4 is 14.9 Å². The van der Waals surface area contributed by atoms with Crippen LogP contribution in [0.15, 0.2) is 47.6 Å². The molecule has 5 heteroatoms. The van der Waals surface area contributed by atoms with Crippen LogP contribution in [0, 0.1) is 0 Å². The molecule has 4 nitrogen and oxygen atoms in total. The van der Waals surface area contributed by atoms with Crippen LogP contribution in [0.2, 0.25) is 5.02 Å². The molecule has 22 heavy (non-hydrogen) atoms. The zero-order valence-corrected chi connectivity index (χ0v) is 13.6. The number of anilines is 1. The fraction of sp³-hybridized carbons (Fsp3) is 0.235. The van der Waals surface area contributed by atoms with Crippen LogP contribution in [-0.2, 0) is 0 Å². The molecule has 2 aromatic carbocycles. The van der Waals surface area contributed by atoms with E-state index in [1.807, 2.05) is 44.2 Å². The predicted octanol–water partition coefficient (Wildman–Crippen LogP) is 4.58. The minimum absolute atomic E-state index is 0.0972. The largest absolute Gasteiger partial charge is 0.493 e. The number of nitrogens with one attached hydrogen (secondary N) is 1. The van der Waals surface area contributed by atoms with Crippen molar-refractivity contribution >= 4 is 23.5 Å². The van der Waals surface area contributed by atoms with Crippen molar-refractivity contribution in [3.8, 4) is 11.5 Å². The number of methoxy groups -OCH3 is 1. The van der Waals surface area contributed by atoms with Crippen molar-refractivity contribution in [2.75, 3.05) is 12.5 Å². The normalized spacial score (nSPS) is 11.0. The van der Waals surface area contributed by atoms with Crippen LogP contribution in [0.4, 0.5) is 5.69 Å². The summed E-state index contributed by atoms with van der Waals surface area (Å²) >= 11 is 5.83. The second-order valence-electron chi connectivity index (χ2n) is 4.95. The molecule has 1 N–H and O–H groups in total. The minimum atomic E-state index is 0.0972. The van der Waals surface area contributed by atoms with Crippen molar-refractivity contribution in [2.45, 2.75) is 20.0 Å². The predicted molar refractivity (Wildman–Crippen MR) is 91.4 cm³/mol. The lowest BCUT2D eigenvalue weighted by Gasteiger charge is -2.13. The van der Waals surface area contributed by atoms with Crippen LogP contribution in [0.5, 0.6) is 11.5 Å². The summed E-state index contributed by atoms with van der Waals surface area (Å²) in [6.45, 7) is 3.95. The van der Waals surface area contributed by atoms with E-state index >= 15 is 0 Å². The Kier molecular flexibility index (Phi) is 5.67. The van der Waals surface area contributed by atoms with E-state index in [-0.39, 0.29) is 6.10 Å². The number of nitrogens with zero attached hydrogens (tertiary/aromatic N) is 1. The Hall–Kier alpha value is -2.20. The van der Waals surface area contributed by atoms with Gasteiger partial charge >= 0.3 is 0 Å². The Morgan fingerprint density at radius 1 is 1.09 bits per heavy atom. The van der Waals surface area contributed by atoms with Gasteiger partial charge in [0.2, 0.25) is 0 Å². The molecule has 0 spiro atoms. The molecule has 0 heterocycles. The van der Waals surface area contributed by atoms with E-state index in [0.29, 0.717) is 10.8 Å². The molecule has 0 unspecified atom stereocenters. The van der Waals surface area contributed by atoms with Gasteiger partial charge in [0, 0.05) is 5.02 Å². The van der Waals surface area contributed by atoms with Crippen LogP contribution in [-0.4, -0.2) is 19.4 Å². The number of hydrazone groups is 1. The quantitative estimate of drug-likeness (QED) is 0.626. The molecule has 0 saturated heterocycles. The zero-order chi connectivity index (χ0) is 15.9. The zero-order valence-electron chi connectivity index (χ0n) is 12.8. The Labute approximate surface area is 135 Å². The van der Waals surface area contributed by atoms with E-state index < -0.39 is 0 Å². The minimum Gasteiger partial charge on any atom is -0.493 e. The molecule has 0 fully saturated rings. The van der Waals surface area contributed by atoms with E-state index in [2.05, 4.69) is 10.5 Å². The third kappa shape index (κ3) is 4.67. The number of benzene rings is 2. The van der Waals surface area contributed by atoms with Crippen molar-refractivity contribution < 1.29 is 9.47 Å². The Balaban J connectivity index is 2.05. The first-order valence-electron chi connectivity index (χ1n) is 6.98. The molecule has 2 aromatic rings. The molecule has 0 amide bonds. The van der Waals surface area contributed by atoms with Crippen molar-refractivity contribution in [3.63, 3.8) is 0 Å². The van der Waals surface area contributed by atoms with Crippen molar-refractivity contribution in [1.82, 2.24) is 0 Å². The van der Waals surface area contributed by atoms with Gasteiger partial charge in [-0.05, 0) is 61.9 Å². The lowest BCUT2D eigenvalue weighted by Crippen LogP contribution is -2.06. The van der Waals surface area contributed by atoms with Crippen LogP contribution in [0.25, 0.3) is 0 Å². The number of ether oxygens (including phenoxy) is 2. The van der Waals surface area contributed by atoms with Gasteiger partial charge in [-0.3, -0.25) is 5.43 Å². The summed E-state index contributed by atoms with van der Waals surface area (Å²) in [5.41, 5.74) is 4.72. The van der Waals surface area contributed by atoms with Crippen molar-refractivity contribution in [1.29, 1.82) is 0 Å². The third-order valence-electron chi connectivity index (χ3n) is 2.80. The lowest BCUT2D eigenvalue weighted by atomic mass is 10.2. The molecular formula is C17H19ClN2O2. The number of hydrogen-bond donors (Lipinski definition) is 1. The summed E-state index contributed by atoms with van der Waals surface area (Å²) in [6, 6.07) is 13.0. The Morgan fingerprint density at radius 3 is 2.45 bits per heavy atom. The van der Waals surface area contributed by atoms with Crippen LogP contribution >= 0.6 is 11.6 Å². The highest BCUT2D eigenvalue weighted by atomic mass is 35.5. The molecule has 116 valence electrons. The second-order valence-corrected chi connectivity index (χ2v) is 5.39. The highest BCUT2D eigenvalue weighted by Gasteiger charge is 2.06. The van der Waals surface area contributed by atoms with Gasteiger partial charge in [0.05, 0.1) is 25.1 Å². The summed E-state index contributed by atoms with van der Waals surface area (Å²) < 4.78 is 11.0. The van der Waals surface area contributed by atoms with E-state index in [0.717, 1.165) is 17.0 Å². The first-order chi connectivity index (χ1) is 10.6. The maximum absolute atomic E-state index is 5.83. The summed E-state index contributed by atoms with van der Waals surface area (Å²) in [5, 5.41) is 4.89. The summed E-state index contributed by atoms with van der Waals surface area (Å²) in [5.74, 6) is 1.41. The summed E-state index contributed by atoms with van der Waals surface area (Å²) in [7, 11) is 1.62. The SMILES string of the molecule is COc1cc(/C=N/Nc2ccc(Cl)cc2)ccc1OC(C)C. The Bertz CT molecular complexity index is 640. The first-order valence-corrected chi connectivity index (χ1v) is 7.35. The molecule has 0 aliphatic carbocycles. The van der Waals surface area contributed by atoms with Gasteiger partial charge in [-0.25, -0.2) is 0 Å². The monoisotopic (exact) mass is 318 g/mol. The summed E-state index contributed by atoms with van der Waals surface area (Å²) in [6.07, 6.45) is 1.82. The highest BCUT2D eigenvalue weighted by Crippen LogP contribution is 2.28. The molecule has 0 saturated carbocycles. The van der Waals surface area contributed by atoms with E-state index in [9.17, 15) is 0 Å². The molecule has 0 bridgehead atoms. The Morgan fingerprint density at radius 2 is 1.82 bits per heavy atom. The topological polar surface area (TPSA) is 42.8 Å². The average Bonchev–Trinajstić information content (AvgIpc) is 2.50. The van der Waals surface area contributed by atoms with E-state index in [4.69, 9.17) is 21.1 Å². The molecule has 2 rings (SSSR count). The molecule has 0 aliphatic heterocycles. The fourth-order valence-corrected chi connectivity index (χ4v) is 1.95. The van der Waals surface area contributed by atoms with Gasteiger partial charge in [-0.2, -0.15) is 5.10 Å². The van der Waals surface area contributed by atoms with Crippen LogP contribution in [0.3, 0.4) is 0 Å². The first kappa shape index (κ1) is 16.2. The maximum Gasteiger partial charge on any atom is 0.161 e. The average molecular weight is 319 g/mol. The lowest BCUT2D eigenvalue weighted by molar-refractivity contribution is 0.230. The number of hydrogen-bond acceptors (Lipinski definition) is 4. The molecule has 0 aliphatic rings. The van der Waals surface area contributed by atoms with E-state index in [1.165, 1.54) is 0 Å². The molecule has 0 aromatic heterocycles. The molecular weight excluding hydrogens is 300 g/mol. The van der Waals surface area contributed by atoms with Gasteiger partial charge < -0.3 is 9.47 Å². The fourth-order valence-electron chi connectivity index (χ4n) is 1.82. The van der Waals surface area contributed by atoms with E-state index in [1.54, 1.807) is 25.5 Å². The van der Waals surface area contributed by atoms with Gasteiger partial charge in [-0.15, -0.1) is 0 Å². The smallest absolute Gasteiger partial charge is 0.161 e. The third-order valence-corrected chi connectivity index (χ3v) is 3.05. The number of rotatable bonds is 6. The number of halogens is 1. The standard InChI is InChI=1S/C17H19ClN2O2/c1-12(2)22-16-9-4-13(10-17(16)21-3)11-19-20-15-7-5-14(18)6-8-15/h4-12,20H,1-3H3/b19-11+. The van der Waals surface area contributed by atoms with Crippen molar-refractivity contribution in [2.24, 2.45) is 5.10 Å². The van der Waals surface area contributed by atoms with Gasteiger partial charge in [0.25, 0.3) is 0 Å². The second kappa shape index (κ2) is 7.71. The maximum atomic E-state index is 5.83. The highest BCUT2D eigenvalue weighted by molar-refractivity contribution is 6.30. The summed E-state index contributed by atoms with van der Waals surface area (Å²) in [4.78, 5) is 0. The van der Waals surface area contributed by atoms with Gasteiger partial charge in [-0.1, -0.05) is 11.6 Å².